The predicted octanol–water partition coefficient (Wildman–Crippen LogP) is 3.72. The second-order valence-corrected chi connectivity index (χ2v) is 5.44. The molecule has 8 heteroatoms. The average Bonchev–Trinajstić information content (AvgIpc) is 2.42. The average molecular weight is 332 g/mol. The molecule has 0 aliphatic rings. The molecule has 1 rings (SSSR count). The number of alkyl halides is 3. The highest BCUT2D eigenvalue weighted by molar-refractivity contribution is 7.99. The molecule has 0 N–H and O–H groups in total. The Morgan fingerprint density at radius 1 is 1.50 bits per heavy atom. The van der Waals surface area contributed by atoms with Crippen LogP contribution in [0.4, 0.5) is 13.2 Å². The molecule has 1 heterocycles. The molecule has 0 fully saturated rings. The van der Waals surface area contributed by atoms with Crippen LogP contribution in [0.1, 0.15) is 36.6 Å². The first-order chi connectivity index (χ1) is 10.3. The smallest absolute Gasteiger partial charge is 0.417 e. The lowest BCUT2D eigenvalue weighted by atomic mass is 10.1. The number of hydrogen-bond donors (Lipinski definition) is 0. The Bertz CT molecular complexity index is 583. The van der Waals surface area contributed by atoms with E-state index >= 15 is 0 Å². The number of ether oxygens (including phenoxy) is 1. The van der Waals surface area contributed by atoms with Gasteiger partial charge in [0.2, 0.25) is 0 Å². The Hall–Kier alpha value is -1.75. The number of aromatic nitrogens is 1. The molecular formula is C14H15F3N2O2S. The minimum absolute atomic E-state index is 0.0404. The number of nitriles is 1. The number of rotatable bonds is 6. The van der Waals surface area contributed by atoms with E-state index in [-0.39, 0.29) is 23.1 Å². The summed E-state index contributed by atoms with van der Waals surface area (Å²) in [5.74, 6) is 0.0260. The summed E-state index contributed by atoms with van der Waals surface area (Å²) in [7, 11) is 0. The molecule has 0 bridgehead atoms. The van der Waals surface area contributed by atoms with Gasteiger partial charge in [0, 0.05) is 17.9 Å². The molecular weight excluding hydrogens is 317 g/mol. The van der Waals surface area contributed by atoms with E-state index in [2.05, 4.69) is 4.98 Å². The molecule has 0 spiro atoms. The number of pyridine rings is 1. The van der Waals surface area contributed by atoms with E-state index in [4.69, 9.17) is 10.00 Å². The summed E-state index contributed by atoms with van der Waals surface area (Å²) in [5.41, 5.74) is -1.26. The van der Waals surface area contributed by atoms with Gasteiger partial charge in [0.25, 0.3) is 0 Å². The van der Waals surface area contributed by atoms with E-state index in [1.54, 1.807) is 13.0 Å². The summed E-state index contributed by atoms with van der Waals surface area (Å²) in [4.78, 5) is 15.2. The van der Waals surface area contributed by atoms with E-state index in [9.17, 15) is 18.0 Å². The Kier molecular flexibility index (Phi) is 6.68. The van der Waals surface area contributed by atoms with Crippen molar-refractivity contribution in [2.75, 3.05) is 12.4 Å². The van der Waals surface area contributed by atoms with E-state index in [1.165, 1.54) is 6.92 Å². The maximum absolute atomic E-state index is 12.9. The zero-order chi connectivity index (χ0) is 16.8. The van der Waals surface area contributed by atoms with Crippen LogP contribution in [0.15, 0.2) is 11.1 Å². The van der Waals surface area contributed by atoms with Crippen LogP contribution in [0.3, 0.4) is 0 Å². The maximum atomic E-state index is 12.9. The monoisotopic (exact) mass is 332 g/mol. The molecule has 0 saturated heterocycles. The summed E-state index contributed by atoms with van der Waals surface area (Å²) < 4.78 is 43.5. The van der Waals surface area contributed by atoms with Crippen molar-refractivity contribution in [2.45, 2.75) is 37.9 Å². The number of esters is 1. The van der Waals surface area contributed by atoms with Gasteiger partial charge in [-0.25, -0.2) is 4.98 Å². The molecule has 1 aromatic rings. The Morgan fingerprint density at radius 2 is 2.18 bits per heavy atom. The van der Waals surface area contributed by atoms with Gasteiger partial charge < -0.3 is 4.74 Å². The van der Waals surface area contributed by atoms with Crippen LogP contribution in [-0.4, -0.2) is 23.3 Å². The highest BCUT2D eigenvalue weighted by atomic mass is 32.2. The van der Waals surface area contributed by atoms with Gasteiger partial charge in [-0.15, -0.1) is 11.8 Å². The SMILES string of the molecule is CCOC(=O)CCCSc1nc(C)cc(C(F)(F)F)c1C#N. The van der Waals surface area contributed by atoms with Gasteiger partial charge in [0.05, 0.1) is 17.7 Å². The van der Waals surface area contributed by atoms with Crippen LogP contribution in [0.25, 0.3) is 0 Å². The fourth-order valence-corrected chi connectivity index (χ4v) is 2.69. The number of carbonyl (C=O) groups is 1. The van der Waals surface area contributed by atoms with Crippen molar-refractivity contribution in [3.05, 3.63) is 22.9 Å². The minimum atomic E-state index is -4.60. The highest BCUT2D eigenvalue weighted by Crippen LogP contribution is 2.35. The third-order valence-corrected chi connectivity index (χ3v) is 3.66. The summed E-state index contributed by atoms with van der Waals surface area (Å²) in [6, 6.07) is 2.44. The molecule has 0 amide bonds. The number of aryl methyl sites for hydroxylation is 1. The van der Waals surface area contributed by atoms with Gasteiger partial charge >= 0.3 is 12.1 Å². The Morgan fingerprint density at radius 3 is 2.73 bits per heavy atom. The number of halogens is 3. The van der Waals surface area contributed by atoms with Crippen LogP contribution in [0.2, 0.25) is 0 Å². The van der Waals surface area contributed by atoms with Gasteiger partial charge in [-0.05, 0) is 26.3 Å². The van der Waals surface area contributed by atoms with E-state index in [0.717, 1.165) is 17.8 Å². The molecule has 0 atom stereocenters. The number of nitrogens with zero attached hydrogens (tertiary/aromatic N) is 2. The lowest BCUT2D eigenvalue weighted by Crippen LogP contribution is -2.10. The van der Waals surface area contributed by atoms with Gasteiger partial charge in [-0.1, -0.05) is 0 Å². The molecule has 0 aliphatic carbocycles. The molecule has 120 valence electrons. The third kappa shape index (κ3) is 5.22. The van der Waals surface area contributed by atoms with Gasteiger partial charge in [-0.3, -0.25) is 4.79 Å². The standard InChI is InChI=1S/C14H15F3N2O2S/c1-3-21-12(20)5-4-6-22-13-10(8-18)11(14(15,16)17)7-9(2)19-13/h7H,3-6H2,1-2H3. The zero-order valence-electron chi connectivity index (χ0n) is 12.2. The van der Waals surface area contributed by atoms with Crippen LogP contribution >= 0.6 is 11.8 Å². The number of thioether (sulfide) groups is 1. The van der Waals surface area contributed by atoms with Crippen molar-refractivity contribution in [3.8, 4) is 6.07 Å². The van der Waals surface area contributed by atoms with Gasteiger partial charge in [0.15, 0.2) is 0 Å². The fraction of sp³-hybridized carbons (Fsp3) is 0.500. The number of hydrogen-bond acceptors (Lipinski definition) is 5. The first-order valence-corrected chi connectivity index (χ1v) is 7.55. The summed E-state index contributed by atoms with van der Waals surface area (Å²) in [5, 5.41) is 9.03. The van der Waals surface area contributed by atoms with E-state index in [1.807, 2.05) is 0 Å². The molecule has 0 aliphatic heterocycles. The lowest BCUT2D eigenvalue weighted by molar-refractivity contribution is -0.143. The quantitative estimate of drug-likeness (QED) is 0.451. The van der Waals surface area contributed by atoms with Crippen molar-refractivity contribution in [2.24, 2.45) is 0 Å². The Balaban J connectivity index is 2.81. The van der Waals surface area contributed by atoms with Crippen molar-refractivity contribution in [1.82, 2.24) is 4.98 Å². The molecule has 0 unspecified atom stereocenters. The van der Waals surface area contributed by atoms with E-state index in [0.29, 0.717) is 18.8 Å². The van der Waals surface area contributed by atoms with Crippen molar-refractivity contribution in [1.29, 1.82) is 5.26 Å². The molecule has 22 heavy (non-hydrogen) atoms. The van der Waals surface area contributed by atoms with Crippen LogP contribution in [-0.2, 0) is 15.7 Å². The van der Waals surface area contributed by atoms with Crippen molar-refractivity contribution in [3.63, 3.8) is 0 Å². The highest BCUT2D eigenvalue weighted by Gasteiger charge is 2.35. The Labute approximate surface area is 130 Å². The number of carbonyl (C=O) groups excluding carboxylic acids is 1. The van der Waals surface area contributed by atoms with Crippen LogP contribution in [0, 0.1) is 18.3 Å². The fourth-order valence-electron chi connectivity index (χ4n) is 1.70. The van der Waals surface area contributed by atoms with E-state index < -0.39 is 17.3 Å². The maximum Gasteiger partial charge on any atom is 0.417 e. The summed E-state index contributed by atoms with van der Waals surface area (Å²) >= 11 is 1.03. The summed E-state index contributed by atoms with van der Waals surface area (Å²) in [6.45, 7) is 3.43. The summed E-state index contributed by atoms with van der Waals surface area (Å²) in [6.07, 6.45) is -3.98. The first-order valence-electron chi connectivity index (χ1n) is 6.57. The van der Waals surface area contributed by atoms with Crippen molar-refractivity contribution >= 4 is 17.7 Å². The zero-order valence-corrected chi connectivity index (χ0v) is 13.0. The van der Waals surface area contributed by atoms with Gasteiger partial charge in [-0.2, -0.15) is 18.4 Å². The van der Waals surface area contributed by atoms with Crippen molar-refractivity contribution < 1.29 is 22.7 Å². The van der Waals surface area contributed by atoms with Crippen LogP contribution < -0.4 is 0 Å². The second kappa shape index (κ2) is 8.03. The molecule has 1 aromatic heterocycles. The molecule has 0 radical (unpaired) electrons. The van der Waals surface area contributed by atoms with Crippen LogP contribution in [0.5, 0.6) is 0 Å². The van der Waals surface area contributed by atoms with Gasteiger partial charge in [0.1, 0.15) is 11.1 Å². The molecule has 4 nitrogen and oxygen atoms in total. The third-order valence-electron chi connectivity index (χ3n) is 2.60. The largest absolute Gasteiger partial charge is 0.466 e. The normalized spacial score (nSPS) is 11.1. The minimum Gasteiger partial charge on any atom is -0.466 e. The first kappa shape index (κ1) is 18.3. The predicted molar refractivity (Wildman–Crippen MR) is 75.3 cm³/mol. The molecule has 0 aromatic carbocycles. The second-order valence-electron chi connectivity index (χ2n) is 4.36. The lowest BCUT2D eigenvalue weighted by Gasteiger charge is -2.12. The molecule has 0 saturated carbocycles. The topological polar surface area (TPSA) is 63.0 Å².